The maximum atomic E-state index is 13.2. The van der Waals surface area contributed by atoms with Gasteiger partial charge in [-0.05, 0) is 66.7 Å². The monoisotopic (exact) mass is 502 g/mol. The minimum Gasteiger partial charge on any atom is -0.325 e. The van der Waals surface area contributed by atoms with Crippen molar-refractivity contribution in [3.8, 4) is 0 Å². The fourth-order valence-corrected chi connectivity index (χ4v) is 4.48. The van der Waals surface area contributed by atoms with E-state index in [1.165, 1.54) is 42.5 Å². The summed E-state index contributed by atoms with van der Waals surface area (Å²) in [5.74, 6) is -0.762. The van der Waals surface area contributed by atoms with Crippen LogP contribution in [0.5, 0.6) is 0 Å². The molecule has 0 spiro atoms. The fraction of sp³-hybridized carbons (Fsp3) is 0.0952. The Morgan fingerprint density at radius 3 is 2.09 bits per heavy atom. The predicted octanol–water partition coefficient (Wildman–Crippen LogP) is 5.85. The molecule has 3 rings (SSSR count). The summed E-state index contributed by atoms with van der Waals surface area (Å²) in [6.45, 7) is -0.647. The van der Waals surface area contributed by atoms with E-state index in [2.05, 4.69) is 5.32 Å². The average molecular weight is 503 g/mol. The van der Waals surface area contributed by atoms with Gasteiger partial charge in [0.05, 0.1) is 16.1 Å². The minimum atomic E-state index is -4.52. The highest BCUT2D eigenvalue weighted by molar-refractivity contribution is 7.92. The van der Waals surface area contributed by atoms with E-state index >= 15 is 0 Å². The highest BCUT2D eigenvalue weighted by Crippen LogP contribution is 2.30. The van der Waals surface area contributed by atoms with Crippen LogP contribution in [0, 0.1) is 0 Å². The summed E-state index contributed by atoms with van der Waals surface area (Å²) in [6.07, 6.45) is -4.52. The van der Waals surface area contributed by atoms with E-state index in [0.29, 0.717) is 5.02 Å². The maximum Gasteiger partial charge on any atom is 0.416 e. The number of carbonyl (C=O) groups is 1. The zero-order valence-corrected chi connectivity index (χ0v) is 18.4. The first kappa shape index (κ1) is 23.9. The van der Waals surface area contributed by atoms with Gasteiger partial charge in [0.15, 0.2) is 0 Å². The Morgan fingerprint density at radius 1 is 0.906 bits per heavy atom. The van der Waals surface area contributed by atoms with Crippen molar-refractivity contribution >= 4 is 50.5 Å². The molecule has 32 heavy (non-hydrogen) atoms. The topological polar surface area (TPSA) is 66.5 Å². The van der Waals surface area contributed by atoms with Gasteiger partial charge in [-0.15, -0.1) is 0 Å². The fourth-order valence-electron chi connectivity index (χ4n) is 2.75. The van der Waals surface area contributed by atoms with Crippen LogP contribution in [0.15, 0.2) is 77.7 Å². The first-order valence-corrected chi connectivity index (χ1v) is 11.2. The Morgan fingerprint density at radius 2 is 1.53 bits per heavy atom. The van der Waals surface area contributed by atoms with Crippen molar-refractivity contribution in [3.63, 3.8) is 0 Å². The molecule has 1 N–H and O–H groups in total. The van der Waals surface area contributed by atoms with Crippen molar-refractivity contribution < 1.29 is 26.4 Å². The number of nitrogens with one attached hydrogen (secondary N) is 1. The van der Waals surface area contributed by atoms with Gasteiger partial charge in [-0.1, -0.05) is 29.3 Å². The van der Waals surface area contributed by atoms with Gasteiger partial charge in [-0.25, -0.2) is 8.42 Å². The molecule has 0 bridgehead atoms. The number of nitrogens with zero attached hydrogens (tertiary/aromatic N) is 1. The lowest BCUT2D eigenvalue weighted by molar-refractivity contribution is -0.137. The quantitative estimate of drug-likeness (QED) is 0.459. The SMILES string of the molecule is O=C(CN(c1cccc(Cl)c1)S(=O)(=O)c1ccc(Cl)cc1)Nc1ccc(C(F)(F)F)cc1. The number of anilines is 2. The molecule has 5 nitrogen and oxygen atoms in total. The third-order valence-corrected chi connectivity index (χ3v) is 6.56. The second kappa shape index (κ2) is 9.40. The van der Waals surface area contributed by atoms with Gasteiger partial charge in [0.1, 0.15) is 6.54 Å². The number of hydrogen-bond donors (Lipinski definition) is 1. The number of halogens is 5. The van der Waals surface area contributed by atoms with Crippen LogP contribution in [0.25, 0.3) is 0 Å². The standard InChI is InChI=1S/C21H15Cl2F3N2O3S/c22-15-6-10-19(11-7-15)32(30,31)28(18-3-1-2-16(23)12-18)13-20(29)27-17-8-4-14(5-9-17)21(24,25)26/h1-12H,13H2,(H,27,29). The molecule has 11 heteroatoms. The van der Waals surface area contributed by atoms with E-state index in [4.69, 9.17) is 23.2 Å². The Balaban J connectivity index is 1.89. The molecule has 0 heterocycles. The zero-order valence-electron chi connectivity index (χ0n) is 16.1. The van der Waals surface area contributed by atoms with E-state index in [9.17, 15) is 26.4 Å². The lowest BCUT2D eigenvalue weighted by Gasteiger charge is -2.24. The van der Waals surface area contributed by atoms with Crippen molar-refractivity contribution in [1.82, 2.24) is 0 Å². The summed E-state index contributed by atoms with van der Waals surface area (Å²) in [4.78, 5) is 12.5. The van der Waals surface area contributed by atoms with E-state index in [1.54, 1.807) is 6.07 Å². The summed E-state index contributed by atoms with van der Waals surface area (Å²) in [6, 6.07) is 15.1. The van der Waals surface area contributed by atoms with Crippen molar-refractivity contribution in [2.24, 2.45) is 0 Å². The number of hydrogen-bond acceptors (Lipinski definition) is 3. The van der Waals surface area contributed by atoms with Crippen LogP contribution < -0.4 is 9.62 Å². The summed E-state index contributed by atoms with van der Waals surface area (Å²) < 4.78 is 65.5. The molecule has 3 aromatic carbocycles. The molecule has 0 saturated heterocycles. The molecular formula is C21H15Cl2F3N2O3S. The van der Waals surface area contributed by atoms with Crippen molar-refractivity contribution in [2.45, 2.75) is 11.1 Å². The first-order chi connectivity index (χ1) is 15.0. The van der Waals surface area contributed by atoms with Crippen molar-refractivity contribution in [1.29, 1.82) is 0 Å². The minimum absolute atomic E-state index is 0.0814. The lowest BCUT2D eigenvalue weighted by atomic mass is 10.2. The number of carbonyl (C=O) groups excluding carboxylic acids is 1. The molecule has 0 aliphatic heterocycles. The maximum absolute atomic E-state index is 13.2. The Labute approximate surface area is 192 Å². The van der Waals surface area contributed by atoms with Gasteiger partial charge in [-0.3, -0.25) is 9.10 Å². The van der Waals surface area contributed by atoms with Crippen LogP contribution in [0.1, 0.15) is 5.56 Å². The van der Waals surface area contributed by atoms with Gasteiger partial charge in [0.25, 0.3) is 10.0 Å². The first-order valence-electron chi connectivity index (χ1n) is 8.98. The number of alkyl halides is 3. The van der Waals surface area contributed by atoms with Crippen LogP contribution in [0.3, 0.4) is 0 Å². The van der Waals surface area contributed by atoms with E-state index in [1.807, 2.05) is 0 Å². The highest BCUT2D eigenvalue weighted by Gasteiger charge is 2.30. The third-order valence-electron chi connectivity index (χ3n) is 4.28. The van der Waals surface area contributed by atoms with Gasteiger partial charge >= 0.3 is 6.18 Å². The molecule has 0 fully saturated rings. The van der Waals surface area contributed by atoms with Gasteiger partial charge in [0.2, 0.25) is 5.91 Å². The second-order valence-electron chi connectivity index (χ2n) is 6.57. The number of benzene rings is 3. The van der Waals surface area contributed by atoms with Crippen LogP contribution >= 0.6 is 23.2 Å². The predicted molar refractivity (Wildman–Crippen MR) is 118 cm³/mol. The molecular weight excluding hydrogens is 488 g/mol. The molecule has 0 aliphatic rings. The highest BCUT2D eigenvalue weighted by atomic mass is 35.5. The van der Waals surface area contributed by atoms with E-state index < -0.39 is 34.2 Å². The molecule has 1 amide bonds. The number of rotatable bonds is 6. The van der Waals surface area contributed by atoms with E-state index in [0.717, 1.165) is 28.6 Å². The molecule has 3 aromatic rings. The molecule has 0 radical (unpaired) electrons. The smallest absolute Gasteiger partial charge is 0.325 e. The third kappa shape index (κ3) is 5.73. The Bertz CT molecular complexity index is 1220. The normalized spacial score (nSPS) is 11.8. The zero-order chi connectivity index (χ0) is 23.5. The number of amides is 1. The van der Waals surface area contributed by atoms with Gasteiger partial charge in [-0.2, -0.15) is 13.2 Å². The molecule has 168 valence electrons. The lowest BCUT2D eigenvalue weighted by Crippen LogP contribution is -2.38. The number of sulfonamides is 1. The Hall–Kier alpha value is -2.75. The van der Waals surface area contributed by atoms with Crippen LogP contribution in [-0.4, -0.2) is 20.9 Å². The molecule has 0 saturated carbocycles. The molecule has 0 atom stereocenters. The summed E-state index contributed by atoms with van der Waals surface area (Å²) in [5.41, 5.74) is -0.658. The van der Waals surface area contributed by atoms with E-state index in [-0.39, 0.29) is 21.3 Å². The molecule has 0 aliphatic carbocycles. The summed E-state index contributed by atoms with van der Waals surface area (Å²) >= 11 is 11.8. The second-order valence-corrected chi connectivity index (χ2v) is 9.30. The molecule has 0 aromatic heterocycles. The van der Waals surface area contributed by atoms with Gasteiger partial charge < -0.3 is 5.32 Å². The Kier molecular flexibility index (Phi) is 7.02. The summed E-state index contributed by atoms with van der Waals surface area (Å²) in [7, 11) is -4.19. The summed E-state index contributed by atoms with van der Waals surface area (Å²) in [5, 5.41) is 2.99. The van der Waals surface area contributed by atoms with Crippen LogP contribution in [-0.2, 0) is 21.0 Å². The van der Waals surface area contributed by atoms with Gasteiger partial charge in [0, 0.05) is 15.7 Å². The van der Waals surface area contributed by atoms with Crippen LogP contribution in [0.2, 0.25) is 10.0 Å². The van der Waals surface area contributed by atoms with Crippen molar-refractivity contribution in [3.05, 3.63) is 88.4 Å². The largest absolute Gasteiger partial charge is 0.416 e. The average Bonchev–Trinajstić information content (AvgIpc) is 2.72. The van der Waals surface area contributed by atoms with Crippen molar-refractivity contribution in [2.75, 3.05) is 16.2 Å². The van der Waals surface area contributed by atoms with Crippen LogP contribution in [0.4, 0.5) is 24.5 Å². The molecule has 0 unspecified atom stereocenters.